The second-order valence-electron chi connectivity index (χ2n) is 14.0. The minimum atomic E-state index is -0.189. The molecule has 53 heavy (non-hydrogen) atoms. The summed E-state index contributed by atoms with van der Waals surface area (Å²) in [5.74, 6) is 2.37. The molecule has 274 valence electrons. The van der Waals surface area contributed by atoms with Gasteiger partial charge in [-0.2, -0.15) is 0 Å². The predicted molar refractivity (Wildman–Crippen MR) is 198 cm³/mol. The number of likely N-dealkylation sites (tertiary alicyclic amines) is 2. The lowest BCUT2D eigenvalue weighted by Gasteiger charge is -2.23. The Balaban J connectivity index is 0.905. The van der Waals surface area contributed by atoms with E-state index < -0.39 is 0 Å². The van der Waals surface area contributed by atoms with Crippen molar-refractivity contribution in [3.8, 4) is 22.8 Å². The topological polar surface area (TPSA) is 151 Å². The molecule has 0 unspecified atom stereocenters. The Hall–Kier alpha value is -5.91. The van der Waals surface area contributed by atoms with E-state index in [0.29, 0.717) is 47.6 Å². The van der Waals surface area contributed by atoms with E-state index in [4.69, 9.17) is 13.3 Å². The molecule has 0 spiro atoms. The second-order valence-corrected chi connectivity index (χ2v) is 14.0. The van der Waals surface area contributed by atoms with Crippen LogP contribution in [0.1, 0.15) is 82.3 Å². The zero-order chi connectivity index (χ0) is 37.2. The number of amides is 4. The summed E-state index contributed by atoms with van der Waals surface area (Å²) in [5.41, 5.74) is 4.66. The number of hydrogen-bond acceptors (Lipinski definition) is 8. The van der Waals surface area contributed by atoms with Crippen LogP contribution in [-0.2, 0) is 9.59 Å². The number of carbonyl (C=O) groups is 4. The Morgan fingerprint density at radius 1 is 0.660 bits per heavy atom. The van der Waals surface area contributed by atoms with Gasteiger partial charge in [0, 0.05) is 60.5 Å². The van der Waals surface area contributed by atoms with Crippen LogP contribution in [0.3, 0.4) is 0 Å². The molecular formula is C41H43N5O7. The van der Waals surface area contributed by atoms with Gasteiger partial charge in [0.15, 0.2) is 17.3 Å². The highest BCUT2D eigenvalue weighted by Gasteiger charge is 2.34. The summed E-state index contributed by atoms with van der Waals surface area (Å²) in [6.45, 7) is 8.67. The maximum atomic E-state index is 13.1. The molecule has 5 aromatic rings. The fraction of sp³-hybridized carbons (Fsp3) is 0.341. The number of nitrogens with one attached hydrogen (secondary N) is 2. The number of rotatable bonds is 10. The average molecular weight is 718 g/mol. The van der Waals surface area contributed by atoms with E-state index in [1.807, 2.05) is 52.0 Å². The van der Waals surface area contributed by atoms with Gasteiger partial charge < -0.3 is 33.7 Å². The molecule has 0 saturated carbocycles. The first-order valence-corrected chi connectivity index (χ1v) is 18.0. The lowest BCUT2D eigenvalue weighted by atomic mass is 10.1. The number of aromatic nitrogens is 1. The first kappa shape index (κ1) is 35.5. The molecule has 7 rings (SSSR count). The Labute approximate surface area is 307 Å². The maximum absolute atomic E-state index is 13.1. The van der Waals surface area contributed by atoms with Gasteiger partial charge in [0.2, 0.25) is 17.7 Å². The van der Waals surface area contributed by atoms with E-state index in [-0.39, 0.29) is 48.6 Å². The van der Waals surface area contributed by atoms with Crippen molar-refractivity contribution in [1.29, 1.82) is 0 Å². The van der Waals surface area contributed by atoms with Crippen LogP contribution >= 0.6 is 0 Å². The third-order valence-electron chi connectivity index (χ3n) is 10.2. The van der Waals surface area contributed by atoms with Gasteiger partial charge in [-0.3, -0.25) is 19.2 Å². The minimum Gasteiger partial charge on any atom is -0.456 e. The van der Waals surface area contributed by atoms with E-state index in [0.717, 1.165) is 59.5 Å². The number of nitrogens with zero attached hydrogens (tertiary/aromatic N) is 3. The Morgan fingerprint density at radius 2 is 1.11 bits per heavy atom. The van der Waals surface area contributed by atoms with Gasteiger partial charge in [-0.05, 0) is 125 Å². The van der Waals surface area contributed by atoms with Crippen molar-refractivity contribution >= 4 is 35.0 Å². The molecule has 2 aliphatic rings. The number of anilines is 2. The molecule has 12 nitrogen and oxygen atoms in total. The Bertz CT molecular complexity index is 1950. The lowest BCUT2D eigenvalue weighted by Crippen LogP contribution is -2.37. The summed E-state index contributed by atoms with van der Waals surface area (Å²) in [5, 5.41) is 5.89. The molecule has 2 atom stereocenters. The molecule has 12 heteroatoms. The zero-order valence-corrected chi connectivity index (χ0v) is 30.4. The smallest absolute Gasteiger partial charge is 0.289 e. The Kier molecular flexibility index (Phi) is 10.0. The van der Waals surface area contributed by atoms with E-state index in [1.54, 1.807) is 52.4 Å². The van der Waals surface area contributed by atoms with Crippen LogP contribution in [0, 0.1) is 27.7 Å². The van der Waals surface area contributed by atoms with E-state index in [1.165, 1.54) is 0 Å². The summed E-state index contributed by atoms with van der Waals surface area (Å²) >= 11 is 0. The third-order valence-corrected chi connectivity index (χ3v) is 10.2. The molecule has 3 aromatic heterocycles. The molecule has 2 aromatic carbocycles. The van der Waals surface area contributed by atoms with Crippen LogP contribution in [0.2, 0.25) is 0 Å². The SMILES string of the molecule is Cc1cc(C(=O)N2CCC[C@H]2CC(=O)Nc2ccc(-c3cnc(-c4ccc(NC(=O)C[C@@H]5CCCN5C(=O)c5cc(C)c(C)o5)cc4)o3)cc2)oc1C. The molecule has 2 fully saturated rings. The van der Waals surface area contributed by atoms with E-state index >= 15 is 0 Å². The summed E-state index contributed by atoms with van der Waals surface area (Å²) in [6, 6.07) is 17.7. The van der Waals surface area contributed by atoms with Crippen molar-refractivity contribution in [3.63, 3.8) is 0 Å². The molecule has 4 amide bonds. The van der Waals surface area contributed by atoms with Crippen LogP contribution in [0.15, 0.2) is 80.1 Å². The normalized spacial score (nSPS) is 17.0. The minimum absolute atomic E-state index is 0.165. The highest BCUT2D eigenvalue weighted by atomic mass is 16.4. The van der Waals surface area contributed by atoms with Crippen LogP contribution in [0.25, 0.3) is 22.8 Å². The summed E-state index contributed by atoms with van der Waals surface area (Å²) < 4.78 is 17.3. The van der Waals surface area contributed by atoms with Crippen LogP contribution in [0.4, 0.5) is 11.4 Å². The van der Waals surface area contributed by atoms with Crippen LogP contribution in [0.5, 0.6) is 0 Å². The summed E-state index contributed by atoms with van der Waals surface area (Å²) in [7, 11) is 0. The first-order valence-electron chi connectivity index (χ1n) is 18.0. The summed E-state index contributed by atoms with van der Waals surface area (Å²) in [6.07, 6.45) is 5.25. The van der Waals surface area contributed by atoms with Crippen LogP contribution < -0.4 is 10.6 Å². The monoisotopic (exact) mass is 717 g/mol. The van der Waals surface area contributed by atoms with Crippen molar-refractivity contribution in [1.82, 2.24) is 14.8 Å². The number of carbonyl (C=O) groups excluding carboxylic acids is 4. The lowest BCUT2D eigenvalue weighted by molar-refractivity contribution is -0.117. The highest BCUT2D eigenvalue weighted by Crippen LogP contribution is 2.30. The van der Waals surface area contributed by atoms with Crippen molar-refractivity contribution in [2.45, 2.75) is 78.3 Å². The van der Waals surface area contributed by atoms with Crippen molar-refractivity contribution < 1.29 is 32.4 Å². The highest BCUT2D eigenvalue weighted by molar-refractivity contribution is 5.95. The maximum Gasteiger partial charge on any atom is 0.289 e. The zero-order valence-electron chi connectivity index (χ0n) is 30.4. The average Bonchev–Trinajstić information content (AvgIpc) is 3.99. The van der Waals surface area contributed by atoms with Gasteiger partial charge in [0.1, 0.15) is 11.5 Å². The Morgan fingerprint density at radius 3 is 1.55 bits per heavy atom. The summed E-state index contributed by atoms with van der Waals surface area (Å²) in [4.78, 5) is 60.0. The molecular weight excluding hydrogens is 674 g/mol. The number of aryl methyl sites for hydroxylation is 4. The number of hydrogen-bond donors (Lipinski definition) is 2. The number of furan rings is 2. The molecule has 0 radical (unpaired) electrons. The van der Waals surface area contributed by atoms with Gasteiger partial charge in [-0.15, -0.1) is 0 Å². The third kappa shape index (κ3) is 7.81. The first-order chi connectivity index (χ1) is 25.5. The van der Waals surface area contributed by atoms with Crippen molar-refractivity contribution in [2.24, 2.45) is 0 Å². The molecule has 2 aliphatic heterocycles. The van der Waals surface area contributed by atoms with Gasteiger partial charge in [0.25, 0.3) is 11.8 Å². The number of benzene rings is 2. The van der Waals surface area contributed by atoms with Gasteiger partial charge >= 0.3 is 0 Å². The number of oxazole rings is 1. The standard InChI is InChI=1S/C41H43N5O7/c1-24-19-34(51-26(24)3)40(49)45-17-5-7-32(45)21-37(47)43-30-13-9-28(10-14-30)36-23-42-39(53-36)29-11-15-31(16-12-29)44-38(48)22-33-8-6-18-46(33)41(50)35-20-25(2)27(4)52-35/h9-16,19-20,23,32-33H,5-8,17-18,21-22H2,1-4H3,(H,43,47)(H,44,48)/t32-,33-/m0/s1. The van der Waals surface area contributed by atoms with Crippen LogP contribution in [-0.4, -0.2) is 63.6 Å². The van der Waals surface area contributed by atoms with Crippen molar-refractivity contribution in [2.75, 3.05) is 23.7 Å². The molecule has 5 heterocycles. The molecule has 2 N–H and O–H groups in total. The second kappa shape index (κ2) is 15.0. The van der Waals surface area contributed by atoms with Crippen molar-refractivity contribution in [3.05, 3.63) is 101 Å². The van der Waals surface area contributed by atoms with Gasteiger partial charge in [0.05, 0.1) is 6.20 Å². The van der Waals surface area contributed by atoms with E-state index in [9.17, 15) is 19.2 Å². The largest absolute Gasteiger partial charge is 0.456 e. The molecule has 0 bridgehead atoms. The van der Waals surface area contributed by atoms with E-state index in [2.05, 4.69) is 15.6 Å². The van der Waals surface area contributed by atoms with Gasteiger partial charge in [-0.1, -0.05) is 0 Å². The molecule has 2 saturated heterocycles. The quantitative estimate of drug-likeness (QED) is 0.149. The van der Waals surface area contributed by atoms with Gasteiger partial charge in [-0.25, -0.2) is 4.98 Å². The fourth-order valence-electron chi connectivity index (χ4n) is 7.08. The molecule has 0 aliphatic carbocycles. The predicted octanol–water partition coefficient (Wildman–Crippen LogP) is 7.70. The fourth-order valence-corrected chi connectivity index (χ4v) is 7.08.